The second-order valence-electron chi connectivity index (χ2n) is 5.26. The first-order valence-corrected chi connectivity index (χ1v) is 7.40. The van der Waals surface area contributed by atoms with E-state index in [-0.39, 0.29) is 5.78 Å². The molecule has 1 aromatic heterocycles. The van der Waals surface area contributed by atoms with Crippen LogP contribution < -0.4 is 0 Å². The van der Waals surface area contributed by atoms with Gasteiger partial charge in [-0.15, -0.1) is 0 Å². The summed E-state index contributed by atoms with van der Waals surface area (Å²) in [4.78, 5) is 12.8. The van der Waals surface area contributed by atoms with Crippen molar-refractivity contribution >= 4 is 28.4 Å². The van der Waals surface area contributed by atoms with Crippen molar-refractivity contribution in [2.24, 2.45) is 0 Å². The van der Waals surface area contributed by atoms with E-state index in [1.807, 2.05) is 6.92 Å². The highest BCUT2D eigenvalue weighted by molar-refractivity contribution is 6.31. The minimum atomic E-state index is -0.688. The molecule has 0 saturated heterocycles. The Labute approximate surface area is 122 Å². The minimum Gasteiger partial charge on any atom is -0.453 e. The molecule has 1 saturated carbocycles. The first-order chi connectivity index (χ1) is 9.64. The first-order valence-electron chi connectivity index (χ1n) is 7.02. The monoisotopic (exact) mass is 292 g/mol. The lowest BCUT2D eigenvalue weighted by Gasteiger charge is -2.26. The minimum absolute atomic E-state index is 0.0378. The van der Waals surface area contributed by atoms with E-state index in [1.54, 1.807) is 24.3 Å². The Morgan fingerprint density at radius 1 is 1.35 bits per heavy atom. The van der Waals surface area contributed by atoms with Crippen molar-refractivity contribution < 1.29 is 13.9 Å². The second-order valence-corrected chi connectivity index (χ2v) is 5.69. The van der Waals surface area contributed by atoms with Gasteiger partial charge in [-0.1, -0.05) is 11.6 Å². The highest BCUT2D eigenvalue weighted by Gasteiger charge is 2.43. The van der Waals surface area contributed by atoms with E-state index in [0.717, 1.165) is 31.1 Å². The molecular weight excluding hydrogens is 276 g/mol. The van der Waals surface area contributed by atoms with Crippen LogP contribution in [0.25, 0.3) is 11.0 Å². The number of furan rings is 1. The third-order valence-corrected chi connectivity index (χ3v) is 4.18. The maximum atomic E-state index is 12.8. The predicted molar refractivity (Wildman–Crippen MR) is 78.4 cm³/mol. The lowest BCUT2D eigenvalue weighted by molar-refractivity contribution is -0.0180. The van der Waals surface area contributed by atoms with Crippen molar-refractivity contribution in [3.63, 3.8) is 0 Å². The van der Waals surface area contributed by atoms with E-state index in [2.05, 4.69) is 0 Å². The number of fused-ring (bicyclic) bond motifs is 1. The second kappa shape index (κ2) is 5.23. The average Bonchev–Trinajstić information content (AvgIpc) is 3.05. The first kappa shape index (κ1) is 13.7. The van der Waals surface area contributed by atoms with Gasteiger partial charge in [-0.25, -0.2) is 0 Å². The summed E-state index contributed by atoms with van der Waals surface area (Å²) in [6, 6.07) is 7.12. The Balaban J connectivity index is 1.98. The van der Waals surface area contributed by atoms with Crippen LogP contribution in [-0.4, -0.2) is 18.0 Å². The lowest BCUT2D eigenvalue weighted by Crippen LogP contribution is -2.38. The largest absolute Gasteiger partial charge is 0.453 e. The number of Topliss-reactive ketones (excluding diaryl/α,β-unsaturated/α-hetero) is 1. The molecule has 0 unspecified atom stereocenters. The molecule has 0 radical (unpaired) electrons. The smallest absolute Gasteiger partial charge is 0.229 e. The van der Waals surface area contributed by atoms with Crippen molar-refractivity contribution in [2.45, 2.75) is 38.2 Å². The molecule has 0 amide bonds. The molecule has 1 aromatic carbocycles. The molecule has 0 aliphatic heterocycles. The molecular formula is C16H17ClO3. The molecule has 2 aromatic rings. The quantitative estimate of drug-likeness (QED) is 0.772. The number of rotatable bonds is 4. The van der Waals surface area contributed by atoms with Crippen LogP contribution in [0.15, 0.2) is 28.7 Å². The van der Waals surface area contributed by atoms with Gasteiger partial charge in [0.2, 0.25) is 5.78 Å². The fraction of sp³-hybridized carbons (Fsp3) is 0.438. The summed E-state index contributed by atoms with van der Waals surface area (Å²) in [6.07, 6.45) is 3.60. The molecule has 0 atom stereocenters. The van der Waals surface area contributed by atoms with E-state index in [4.69, 9.17) is 20.8 Å². The van der Waals surface area contributed by atoms with Gasteiger partial charge in [0, 0.05) is 17.0 Å². The molecule has 0 N–H and O–H groups in total. The maximum Gasteiger partial charge on any atom is 0.229 e. The average molecular weight is 293 g/mol. The summed E-state index contributed by atoms with van der Waals surface area (Å²) in [5.74, 6) is 0.335. The van der Waals surface area contributed by atoms with Crippen LogP contribution in [0.2, 0.25) is 5.02 Å². The normalized spacial score (nSPS) is 17.7. The summed E-state index contributed by atoms with van der Waals surface area (Å²) in [6.45, 7) is 2.46. The Morgan fingerprint density at radius 2 is 2.10 bits per heavy atom. The van der Waals surface area contributed by atoms with E-state index >= 15 is 0 Å². The molecule has 1 aliphatic rings. The fourth-order valence-corrected chi connectivity index (χ4v) is 3.19. The predicted octanol–water partition coefficient (Wildman–Crippen LogP) is 4.62. The molecule has 1 fully saturated rings. The third-order valence-electron chi connectivity index (χ3n) is 3.95. The van der Waals surface area contributed by atoms with Crippen LogP contribution in [0, 0.1) is 0 Å². The standard InChI is InChI=1S/C16H17ClO3/c1-2-19-16(7-3-4-8-16)15(18)14-10-11-9-12(17)5-6-13(11)20-14/h5-6,9-10H,2-4,7-8H2,1H3. The van der Waals surface area contributed by atoms with Crippen molar-refractivity contribution in [2.75, 3.05) is 6.61 Å². The van der Waals surface area contributed by atoms with E-state index in [1.165, 1.54) is 0 Å². The van der Waals surface area contributed by atoms with E-state index in [9.17, 15) is 4.79 Å². The molecule has 1 aliphatic carbocycles. The molecule has 3 rings (SSSR count). The molecule has 0 bridgehead atoms. The van der Waals surface area contributed by atoms with Gasteiger partial charge in [0.1, 0.15) is 11.2 Å². The zero-order valence-electron chi connectivity index (χ0n) is 11.4. The number of carbonyl (C=O) groups is 1. The fourth-order valence-electron chi connectivity index (χ4n) is 3.01. The summed E-state index contributed by atoms with van der Waals surface area (Å²) in [7, 11) is 0. The van der Waals surface area contributed by atoms with Crippen molar-refractivity contribution in [1.29, 1.82) is 0 Å². The Bertz CT molecular complexity index is 638. The molecule has 20 heavy (non-hydrogen) atoms. The Kier molecular flexibility index (Phi) is 3.57. The number of halogens is 1. The number of hydrogen-bond donors (Lipinski definition) is 0. The van der Waals surface area contributed by atoms with Crippen LogP contribution in [-0.2, 0) is 4.74 Å². The van der Waals surface area contributed by atoms with Crippen LogP contribution in [0.4, 0.5) is 0 Å². The summed E-state index contributed by atoms with van der Waals surface area (Å²) in [5.41, 5.74) is -0.00530. The SMILES string of the molecule is CCOC1(C(=O)c2cc3cc(Cl)ccc3o2)CCCC1. The van der Waals surface area contributed by atoms with Gasteiger partial charge in [-0.05, 0) is 56.9 Å². The van der Waals surface area contributed by atoms with Crippen molar-refractivity contribution in [1.82, 2.24) is 0 Å². The maximum absolute atomic E-state index is 12.8. The van der Waals surface area contributed by atoms with Crippen LogP contribution in [0.1, 0.15) is 43.2 Å². The Hall–Kier alpha value is -1.32. The Morgan fingerprint density at radius 3 is 2.80 bits per heavy atom. The topological polar surface area (TPSA) is 39.4 Å². The molecule has 4 heteroatoms. The van der Waals surface area contributed by atoms with E-state index in [0.29, 0.717) is 23.0 Å². The number of ether oxygens (including phenoxy) is 1. The molecule has 106 valence electrons. The van der Waals surface area contributed by atoms with Gasteiger partial charge >= 0.3 is 0 Å². The number of ketones is 1. The summed E-state index contributed by atoms with van der Waals surface area (Å²) < 4.78 is 11.5. The summed E-state index contributed by atoms with van der Waals surface area (Å²) in [5, 5.41) is 1.49. The van der Waals surface area contributed by atoms with E-state index < -0.39 is 5.60 Å². The zero-order chi connectivity index (χ0) is 14.2. The van der Waals surface area contributed by atoms with Crippen LogP contribution in [0.5, 0.6) is 0 Å². The van der Waals surface area contributed by atoms with Gasteiger partial charge in [0.05, 0.1) is 0 Å². The van der Waals surface area contributed by atoms with Gasteiger partial charge in [-0.3, -0.25) is 4.79 Å². The molecule has 0 spiro atoms. The number of benzene rings is 1. The van der Waals surface area contributed by atoms with Crippen molar-refractivity contribution in [3.05, 3.63) is 35.0 Å². The molecule has 1 heterocycles. The third kappa shape index (κ3) is 2.25. The van der Waals surface area contributed by atoms with Crippen LogP contribution in [0.3, 0.4) is 0 Å². The summed E-state index contributed by atoms with van der Waals surface area (Å²) >= 11 is 5.96. The van der Waals surface area contributed by atoms with Gasteiger partial charge in [0.15, 0.2) is 5.76 Å². The van der Waals surface area contributed by atoms with Crippen molar-refractivity contribution in [3.8, 4) is 0 Å². The van der Waals surface area contributed by atoms with Gasteiger partial charge in [-0.2, -0.15) is 0 Å². The number of hydrogen-bond acceptors (Lipinski definition) is 3. The highest BCUT2D eigenvalue weighted by atomic mass is 35.5. The van der Waals surface area contributed by atoms with Gasteiger partial charge in [0.25, 0.3) is 0 Å². The highest BCUT2D eigenvalue weighted by Crippen LogP contribution is 2.37. The lowest BCUT2D eigenvalue weighted by atomic mass is 9.94. The number of carbonyl (C=O) groups excluding carboxylic acids is 1. The van der Waals surface area contributed by atoms with Gasteiger partial charge < -0.3 is 9.15 Å². The zero-order valence-corrected chi connectivity index (χ0v) is 12.2. The van der Waals surface area contributed by atoms with Crippen LogP contribution >= 0.6 is 11.6 Å². The molecule has 3 nitrogen and oxygen atoms in total.